The van der Waals surface area contributed by atoms with Crippen molar-refractivity contribution >= 4 is 33.0 Å². The van der Waals surface area contributed by atoms with E-state index in [9.17, 15) is 23.3 Å². The van der Waals surface area contributed by atoms with Crippen molar-refractivity contribution in [1.29, 1.82) is 0 Å². The van der Waals surface area contributed by atoms with Gasteiger partial charge in [-0.05, 0) is 25.1 Å². The van der Waals surface area contributed by atoms with E-state index in [4.69, 9.17) is 0 Å². The molecule has 10 heteroatoms. The smallest absolute Gasteiger partial charge is 0.269 e. The van der Waals surface area contributed by atoms with Gasteiger partial charge < -0.3 is 0 Å². The van der Waals surface area contributed by atoms with E-state index in [0.29, 0.717) is 5.56 Å². The number of hydrogen-bond donors (Lipinski definition) is 2. The second-order valence-electron chi connectivity index (χ2n) is 4.26. The summed E-state index contributed by atoms with van der Waals surface area (Å²) in [7, 11) is -4.00. The molecule has 22 heavy (non-hydrogen) atoms. The molecule has 0 aliphatic heterocycles. The van der Waals surface area contributed by atoms with Crippen molar-refractivity contribution in [3.05, 3.63) is 56.3 Å². The van der Waals surface area contributed by atoms with Gasteiger partial charge in [-0.25, -0.2) is 8.42 Å². The quantitative estimate of drug-likeness (QED) is 0.632. The van der Waals surface area contributed by atoms with Crippen LogP contribution in [0.2, 0.25) is 0 Å². The molecule has 0 bridgehead atoms. The summed E-state index contributed by atoms with van der Waals surface area (Å²) in [4.78, 5) is 24.3. The third kappa shape index (κ3) is 3.67. The van der Waals surface area contributed by atoms with E-state index in [1.54, 1.807) is 11.4 Å². The molecule has 116 valence electrons. The minimum Gasteiger partial charge on any atom is -0.273 e. The Hall–Kier alpha value is -2.30. The van der Waals surface area contributed by atoms with Crippen LogP contribution in [0.3, 0.4) is 0 Å². The standard InChI is InChI=1S/C12H11N3O5S2/c1-8-6-9(7-21-8)12(16)13-14-22(19,20)11-4-2-10(3-5-11)15(17)18/h2-7,14H,1H3,(H,13,16). The van der Waals surface area contributed by atoms with Gasteiger partial charge in [-0.15, -0.1) is 16.2 Å². The number of carbonyl (C=O) groups is 1. The van der Waals surface area contributed by atoms with Crippen molar-refractivity contribution in [2.45, 2.75) is 11.8 Å². The Morgan fingerprint density at radius 3 is 2.41 bits per heavy atom. The zero-order valence-corrected chi connectivity index (χ0v) is 12.9. The van der Waals surface area contributed by atoms with Crippen LogP contribution in [0.25, 0.3) is 0 Å². The van der Waals surface area contributed by atoms with Crippen LogP contribution in [0, 0.1) is 17.0 Å². The second-order valence-corrected chi connectivity index (χ2v) is 7.05. The highest BCUT2D eigenvalue weighted by molar-refractivity contribution is 7.89. The molecule has 0 unspecified atom stereocenters. The average Bonchev–Trinajstić information content (AvgIpc) is 2.91. The molecular weight excluding hydrogens is 330 g/mol. The Bertz CT molecular complexity index is 812. The monoisotopic (exact) mass is 341 g/mol. The third-order valence-electron chi connectivity index (χ3n) is 2.65. The number of sulfonamides is 1. The molecule has 0 saturated heterocycles. The molecular formula is C12H11N3O5S2. The number of benzene rings is 1. The van der Waals surface area contributed by atoms with Gasteiger partial charge in [-0.1, -0.05) is 0 Å². The summed E-state index contributed by atoms with van der Waals surface area (Å²) in [6, 6.07) is 5.93. The number of aryl methyl sites for hydroxylation is 1. The number of carbonyl (C=O) groups excluding carboxylic acids is 1. The van der Waals surface area contributed by atoms with Crippen LogP contribution in [0.1, 0.15) is 15.2 Å². The van der Waals surface area contributed by atoms with Gasteiger partial charge in [0.2, 0.25) is 0 Å². The topological polar surface area (TPSA) is 118 Å². The molecule has 2 N–H and O–H groups in total. The highest BCUT2D eigenvalue weighted by atomic mass is 32.2. The average molecular weight is 341 g/mol. The number of hydrazine groups is 1. The number of nitrogens with one attached hydrogen (secondary N) is 2. The lowest BCUT2D eigenvalue weighted by atomic mass is 10.3. The van der Waals surface area contributed by atoms with E-state index in [-0.39, 0.29) is 10.6 Å². The highest BCUT2D eigenvalue weighted by Gasteiger charge is 2.17. The van der Waals surface area contributed by atoms with Crippen molar-refractivity contribution in [1.82, 2.24) is 10.3 Å². The lowest BCUT2D eigenvalue weighted by Crippen LogP contribution is -2.41. The van der Waals surface area contributed by atoms with Crippen molar-refractivity contribution in [2.75, 3.05) is 0 Å². The lowest BCUT2D eigenvalue weighted by Gasteiger charge is -2.07. The largest absolute Gasteiger partial charge is 0.273 e. The summed E-state index contributed by atoms with van der Waals surface area (Å²) >= 11 is 1.36. The van der Waals surface area contributed by atoms with E-state index >= 15 is 0 Å². The first-order valence-electron chi connectivity index (χ1n) is 5.91. The molecule has 0 atom stereocenters. The van der Waals surface area contributed by atoms with Gasteiger partial charge in [0.15, 0.2) is 0 Å². The Morgan fingerprint density at radius 2 is 1.91 bits per heavy atom. The fourth-order valence-corrected chi connectivity index (χ4v) is 3.08. The summed E-state index contributed by atoms with van der Waals surface area (Å²) in [5.41, 5.74) is 2.20. The van der Waals surface area contributed by atoms with Crippen molar-refractivity contribution < 1.29 is 18.1 Å². The van der Waals surface area contributed by atoms with E-state index in [2.05, 4.69) is 5.43 Å². The first-order valence-corrected chi connectivity index (χ1v) is 8.27. The van der Waals surface area contributed by atoms with Gasteiger partial charge in [-0.3, -0.25) is 20.3 Å². The van der Waals surface area contributed by atoms with Gasteiger partial charge in [0.1, 0.15) is 0 Å². The third-order valence-corrected chi connectivity index (χ3v) is 4.77. The number of rotatable bonds is 5. The normalized spacial score (nSPS) is 11.1. The van der Waals surface area contributed by atoms with Crippen LogP contribution in [0.5, 0.6) is 0 Å². The second kappa shape index (κ2) is 6.22. The van der Waals surface area contributed by atoms with Gasteiger partial charge in [-0.2, -0.15) is 0 Å². The summed E-state index contributed by atoms with van der Waals surface area (Å²) < 4.78 is 23.9. The predicted octanol–water partition coefficient (Wildman–Crippen LogP) is 1.59. The molecule has 0 spiro atoms. The molecule has 2 aromatic rings. The summed E-state index contributed by atoms with van der Waals surface area (Å²) in [6.45, 7) is 1.82. The maximum atomic E-state index is 12.0. The molecule has 0 aliphatic rings. The van der Waals surface area contributed by atoms with E-state index in [1.807, 2.05) is 11.8 Å². The van der Waals surface area contributed by atoms with Gasteiger partial charge in [0, 0.05) is 22.4 Å². The summed E-state index contributed by atoms with van der Waals surface area (Å²) in [5.74, 6) is -0.588. The van der Waals surface area contributed by atoms with Crippen LogP contribution in [0.4, 0.5) is 5.69 Å². The van der Waals surface area contributed by atoms with Crippen molar-refractivity contribution in [3.8, 4) is 0 Å². The highest BCUT2D eigenvalue weighted by Crippen LogP contribution is 2.15. The van der Waals surface area contributed by atoms with Crippen LogP contribution in [0.15, 0.2) is 40.6 Å². The lowest BCUT2D eigenvalue weighted by molar-refractivity contribution is -0.384. The Morgan fingerprint density at radius 1 is 1.27 bits per heavy atom. The van der Waals surface area contributed by atoms with E-state index in [1.165, 1.54) is 11.3 Å². The first kappa shape index (κ1) is 16.1. The molecule has 8 nitrogen and oxygen atoms in total. The molecule has 0 radical (unpaired) electrons. The van der Waals surface area contributed by atoms with Gasteiger partial charge in [0.05, 0.1) is 15.4 Å². The number of nitrogens with zero attached hydrogens (tertiary/aromatic N) is 1. The Balaban J connectivity index is 2.07. The number of nitro benzene ring substituents is 1. The van der Waals surface area contributed by atoms with Crippen LogP contribution < -0.4 is 10.3 Å². The zero-order chi connectivity index (χ0) is 16.3. The molecule has 0 aliphatic carbocycles. The maximum Gasteiger partial charge on any atom is 0.269 e. The predicted molar refractivity (Wildman–Crippen MR) is 79.9 cm³/mol. The number of nitro groups is 1. The molecule has 1 aromatic carbocycles. The molecule has 1 aromatic heterocycles. The van der Waals surface area contributed by atoms with E-state index in [0.717, 1.165) is 29.1 Å². The fraction of sp³-hybridized carbons (Fsp3) is 0.0833. The summed E-state index contributed by atoms with van der Waals surface area (Å²) in [5, 5.41) is 12.1. The van der Waals surface area contributed by atoms with Crippen LogP contribution >= 0.6 is 11.3 Å². The fourth-order valence-electron chi connectivity index (χ4n) is 1.55. The number of amides is 1. The molecule has 2 rings (SSSR count). The molecule has 1 amide bonds. The van der Waals surface area contributed by atoms with Crippen LogP contribution in [-0.4, -0.2) is 19.2 Å². The van der Waals surface area contributed by atoms with Gasteiger partial charge >= 0.3 is 0 Å². The van der Waals surface area contributed by atoms with E-state index < -0.39 is 20.9 Å². The first-order chi connectivity index (χ1) is 10.3. The molecule has 0 fully saturated rings. The molecule has 0 saturated carbocycles. The Kier molecular flexibility index (Phi) is 4.54. The number of hydrogen-bond acceptors (Lipinski definition) is 6. The zero-order valence-electron chi connectivity index (χ0n) is 11.3. The SMILES string of the molecule is Cc1cc(C(=O)NNS(=O)(=O)c2ccc([N+](=O)[O-])cc2)cs1. The minimum absolute atomic E-state index is 0.195. The number of thiophene rings is 1. The Labute approximate surface area is 130 Å². The van der Waals surface area contributed by atoms with Crippen molar-refractivity contribution in [2.24, 2.45) is 0 Å². The minimum atomic E-state index is -4.00. The molecule has 1 heterocycles. The van der Waals surface area contributed by atoms with Crippen LogP contribution in [-0.2, 0) is 10.0 Å². The summed E-state index contributed by atoms with van der Waals surface area (Å²) in [6.07, 6.45) is 0. The van der Waals surface area contributed by atoms with Gasteiger partial charge in [0.25, 0.3) is 21.6 Å². The van der Waals surface area contributed by atoms with Crippen molar-refractivity contribution in [3.63, 3.8) is 0 Å². The maximum absolute atomic E-state index is 12.0. The number of non-ortho nitro benzene ring substituents is 1.